The Kier molecular flexibility index (Phi) is 2.56. The lowest BCUT2D eigenvalue weighted by Gasteiger charge is -2.27. The van der Waals surface area contributed by atoms with Crippen molar-refractivity contribution in [2.75, 3.05) is 12.3 Å². The van der Waals surface area contributed by atoms with E-state index in [1.165, 1.54) is 31.4 Å². The highest BCUT2D eigenvalue weighted by molar-refractivity contribution is 6.30. The van der Waals surface area contributed by atoms with Crippen LogP contribution in [0.15, 0.2) is 18.2 Å². The molecule has 2 N–H and O–H groups in total. The van der Waals surface area contributed by atoms with Crippen LogP contribution in [0.3, 0.4) is 0 Å². The Morgan fingerprint density at radius 1 is 1.38 bits per heavy atom. The first-order chi connectivity index (χ1) is 7.72. The summed E-state index contributed by atoms with van der Waals surface area (Å²) in [6.45, 7) is 2.25. The van der Waals surface area contributed by atoms with E-state index in [1.54, 1.807) is 0 Å². The van der Waals surface area contributed by atoms with Gasteiger partial charge in [0.05, 0.1) is 0 Å². The van der Waals surface area contributed by atoms with Gasteiger partial charge in [0.25, 0.3) is 0 Å². The fourth-order valence-corrected chi connectivity index (χ4v) is 3.33. The molecule has 1 heterocycles. The second-order valence-electron chi connectivity index (χ2n) is 5.11. The molecule has 2 fully saturated rings. The largest absolute Gasteiger partial charge is 0.398 e. The number of hydrogen-bond donors (Lipinski definition) is 1. The minimum absolute atomic E-state index is 0.726. The van der Waals surface area contributed by atoms with E-state index in [0.717, 1.165) is 29.2 Å². The minimum Gasteiger partial charge on any atom is -0.398 e. The molecular weight excluding hydrogens is 220 g/mol. The first-order valence-corrected chi connectivity index (χ1v) is 6.38. The van der Waals surface area contributed by atoms with Gasteiger partial charge in [0.2, 0.25) is 0 Å². The van der Waals surface area contributed by atoms with Crippen molar-refractivity contribution in [1.82, 2.24) is 4.90 Å². The molecule has 2 nitrogen and oxygen atoms in total. The third kappa shape index (κ3) is 1.80. The number of halogens is 1. The number of hydrogen-bond acceptors (Lipinski definition) is 2. The quantitative estimate of drug-likeness (QED) is 0.801. The van der Waals surface area contributed by atoms with Gasteiger partial charge in [-0.1, -0.05) is 17.7 Å². The van der Waals surface area contributed by atoms with E-state index in [1.807, 2.05) is 12.1 Å². The molecule has 2 unspecified atom stereocenters. The van der Waals surface area contributed by atoms with Gasteiger partial charge in [-0.3, -0.25) is 4.90 Å². The summed E-state index contributed by atoms with van der Waals surface area (Å²) in [6.07, 6.45) is 4.20. The van der Waals surface area contributed by atoms with Gasteiger partial charge in [-0.2, -0.15) is 0 Å². The van der Waals surface area contributed by atoms with E-state index in [0.29, 0.717) is 0 Å². The summed E-state index contributed by atoms with van der Waals surface area (Å²) < 4.78 is 0. The summed E-state index contributed by atoms with van der Waals surface area (Å²) in [4.78, 5) is 2.58. The first kappa shape index (κ1) is 10.4. The second-order valence-corrected chi connectivity index (χ2v) is 5.54. The monoisotopic (exact) mass is 236 g/mol. The van der Waals surface area contributed by atoms with Crippen molar-refractivity contribution >= 4 is 17.3 Å². The predicted octanol–water partition coefficient (Wildman–Crippen LogP) is 2.91. The summed E-state index contributed by atoms with van der Waals surface area (Å²) in [5.74, 6) is 0.943. The molecule has 3 heteroatoms. The van der Waals surface area contributed by atoms with Crippen LogP contribution in [0.2, 0.25) is 5.02 Å². The molecule has 3 rings (SSSR count). The average molecular weight is 237 g/mol. The highest BCUT2D eigenvalue weighted by Crippen LogP contribution is 2.38. The number of nitrogens with two attached hydrogens (primary N) is 1. The highest BCUT2D eigenvalue weighted by Gasteiger charge is 2.37. The van der Waals surface area contributed by atoms with Crippen molar-refractivity contribution in [3.8, 4) is 0 Å². The lowest BCUT2D eigenvalue weighted by molar-refractivity contribution is 0.205. The molecule has 0 spiro atoms. The molecule has 86 valence electrons. The minimum atomic E-state index is 0.726. The fraction of sp³-hybridized carbons (Fsp3) is 0.538. The van der Waals surface area contributed by atoms with E-state index in [2.05, 4.69) is 11.0 Å². The molecule has 16 heavy (non-hydrogen) atoms. The van der Waals surface area contributed by atoms with Crippen LogP contribution in [0.25, 0.3) is 0 Å². The van der Waals surface area contributed by atoms with Gasteiger partial charge >= 0.3 is 0 Å². The number of piperidine rings is 1. The van der Waals surface area contributed by atoms with E-state index in [-0.39, 0.29) is 0 Å². The number of nitrogens with zero attached hydrogens (tertiary/aromatic N) is 1. The van der Waals surface area contributed by atoms with Crippen LogP contribution in [-0.4, -0.2) is 17.5 Å². The number of likely N-dealkylation sites (tertiary alicyclic amines) is 1. The van der Waals surface area contributed by atoms with Gasteiger partial charge in [-0.25, -0.2) is 0 Å². The Labute approximate surface area is 101 Å². The smallest absolute Gasteiger partial charge is 0.0426 e. The summed E-state index contributed by atoms with van der Waals surface area (Å²) in [5.41, 5.74) is 8.03. The van der Waals surface area contributed by atoms with Gasteiger partial charge in [-0.15, -0.1) is 0 Å². The summed E-state index contributed by atoms with van der Waals surface area (Å²) >= 11 is 5.90. The van der Waals surface area contributed by atoms with Crippen LogP contribution in [0.1, 0.15) is 24.8 Å². The molecular formula is C13H17ClN2. The predicted molar refractivity (Wildman–Crippen MR) is 67.4 cm³/mol. The molecule has 1 aliphatic heterocycles. The number of fused-ring (bicyclic) bond motifs is 2. The van der Waals surface area contributed by atoms with Gasteiger partial charge in [0.15, 0.2) is 0 Å². The number of anilines is 1. The maximum atomic E-state index is 5.99. The number of rotatable bonds is 2. The van der Waals surface area contributed by atoms with Crippen molar-refractivity contribution in [3.05, 3.63) is 28.8 Å². The number of benzene rings is 1. The lowest BCUT2D eigenvalue weighted by Crippen LogP contribution is -2.31. The van der Waals surface area contributed by atoms with Crippen molar-refractivity contribution in [3.63, 3.8) is 0 Å². The topological polar surface area (TPSA) is 29.3 Å². The van der Waals surface area contributed by atoms with E-state index < -0.39 is 0 Å². The Balaban J connectivity index is 1.74. The normalized spacial score (nSPS) is 28.8. The van der Waals surface area contributed by atoms with Gasteiger partial charge in [0.1, 0.15) is 0 Å². The van der Waals surface area contributed by atoms with Crippen molar-refractivity contribution in [1.29, 1.82) is 0 Å². The SMILES string of the molecule is Nc1cc(Cl)ccc1CN1CC2CCC1C2. The van der Waals surface area contributed by atoms with Gasteiger partial charge in [0, 0.05) is 29.8 Å². The van der Waals surface area contributed by atoms with Crippen molar-refractivity contribution in [2.45, 2.75) is 31.8 Å². The Hall–Kier alpha value is -0.730. The third-order valence-electron chi connectivity index (χ3n) is 4.00. The Morgan fingerprint density at radius 3 is 2.88 bits per heavy atom. The second kappa shape index (κ2) is 3.94. The van der Waals surface area contributed by atoms with Gasteiger partial charge in [-0.05, 0) is 42.9 Å². The summed E-state index contributed by atoms with van der Waals surface area (Å²) in [6, 6.07) is 6.65. The molecule has 2 aliphatic rings. The average Bonchev–Trinajstić information content (AvgIpc) is 2.84. The van der Waals surface area contributed by atoms with Crippen LogP contribution in [0.5, 0.6) is 0 Å². The molecule has 0 radical (unpaired) electrons. The molecule has 1 aromatic carbocycles. The van der Waals surface area contributed by atoms with Crippen LogP contribution >= 0.6 is 11.6 Å². The highest BCUT2D eigenvalue weighted by atomic mass is 35.5. The molecule has 1 aromatic rings. The zero-order valence-electron chi connectivity index (χ0n) is 9.32. The zero-order valence-corrected chi connectivity index (χ0v) is 10.1. The number of nitrogen functional groups attached to an aromatic ring is 1. The molecule has 1 aliphatic carbocycles. The van der Waals surface area contributed by atoms with Crippen LogP contribution in [0, 0.1) is 5.92 Å². The Bertz CT molecular complexity index is 405. The fourth-order valence-electron chi connectivity index (χ4n) is 3.15. The molecule has 2 bridgehead atoms. The Morgan fingerprint density at radius 2 is 2.25 bits per heavy atom. The molecule has 2 atom stereocenters. The van der Waals surface area contributed by atoms with Gasteiger partial charge < -0.3 is 5.73 Å². The maximum absolute atomic E-state index is 5.99. The third-order valence-corrected chi connectivity index (χ3v) is 4.24. The molecule has 1 saturated carbocycles. The molecule has 0 amide bonds. The summed E-state index contributed by atoms with van der Waals surface area (Å²) in [5, 5.41) is 0.726. The maximum Gasteiger partial charge on any atom is 0.0426 e. The van der Waals surface area contributed by atoms with E-state index in [4.69, 9.17) is 17.3 Å². The molecule has 1 saturated heterocycles. The first-order valence-electron chi connectivity index (χ1n) is 6.00. The van der Waals surface area contributed by atoms with Crippen molar-refractivity contribution in [2.24, 2.45) is 5.92 Å². The van der Waals surface area contributed by atoms with Crippen LogP contribution < -0.4 is 5.73 Å². The lowest BCUT2D eigenvalue weighted by atomic mass is 10.1. The molecule has 0 aromatic heterocycles. The van der Waals surface area contributed by atoms with Crippen molar-refractivity contribution < 1.29 is 0 Å². The van der Waals surface area contributed by atoms with E-state index >= 15 is 0 Å². The van der Waals surface area contributed by atoms with E-state index in [9.17, 15) is 0 Å². The standard InChI is InChI=1S/C13H17ClN2/c14-11-3-2-10(13(15)6-11)8-16-7-9-1-4-12(16)5-9/h2-3,6,9,12H,1,4-5,7-8,15H2. The van der Waals surface area contributed by atoms with Crippen LogP contribution in [-0.2, 0) is 6.54 Å². The zero-order chi connectivity index (χ0) is 11.1. The summed E-state index contributed by atoms with van der Waals surface area (Å²) in [7, 11) is 0. The van der Waals surface area contributed by atoms with Crippen LogP contribution in [0.4, 0.5) is 5.69 Å².